The maximum absolute atomic E-state index is 10.8. The highest BCUT2D eigenvalue weighted by Crippen LogP contribution is 2.41. The average molecular weight is 169 g/mol. The van der Waals surface area contributed by atoms with Crippen molar-refractivity contribution in [2.24, 2.45) is 17.1 Å². The Labute approximate surface area is 74.5 Å². The Bertz CT molecular complexity index is 175. The van der Waals surface area contributed by atoms with Gasteiger partial charge in [0.1, 0.15) is 0 Å². The van der Waals surface area contributed by atoms with Crippen molar-refractivity contribution in [3.63, 3.8) is 0 Å². The van der Waals surface area contributed by atoms with Gasteiger partial charge in [-0.2, -0.15) is 0 Å². The number of rotatable bonds is 2. The van der Waals surface area contributed by atoms with E-state index in [1.807, 2.05) is 0 Å². The van der Waals surface area contributed by atoms with Crippen LogP contribution >= 0.6 is 0 Å². The van der Waals surface area contributed by atoms with Crippen molar-refractivity contribution in [3.05, 3.63) is 0 Å². The van der Waals surface area contributed by atoms with Gasteiger partial charge in [0.2, 0.25) is 5.91 Å². The van der Waals surface area contributed by atoms with E-state index in [2.05, 4.69) is 13.8 Å². The Morgan fingerprint density at radius 2 is 2.17 bits per heavy atom. The van der Waals surface area contributed by atoms with Crippen LogP contribution in [0.5, 0.6) is 0 Å². The van der Waals surface area contributed by atoms with Gasteiger partial charge in [0.15, 0.2) is 0 Å². The van der Waals surface area contributed by atoms with Gasteiger partial charge < -0.3 is 5.73 Å². The van der Waals surface area contributed by atoms with Crippen LogP contribution in [-0.4, -0.2) is 5.91 Å². The summed E-state index contributed by atoms with van der Waals surface area (Å²) in [5.74, 6) is 0.374. The van der Waals surface area contributed by atoms with Crippen LogP contribution in [0.3, 0.4) is 0 Å². The summed E-state index contributed by atoms with van der Waals surface area (Å²) in [5.41, 5.74) is 5.53. The zero-order valence-electron chi connectivity index (χ0n) is 8.10. The van der Waals surface area contributed by atoms with Gasteiger partial charge in [0, 0.05) is 6.42 Å². The number of amides is 1. The molecule has 1 unspecified atom stereocenters. The zero-order chi connectivity index (χ0) is 9.19. The quantitative estimate of drug-likeness (QED) is 0.675. The Morgan fingerprint density at radius 1 is 1.50 bits per heavy atom. The second kappa shape index (κ2) is 3.46. The fourth-order valence-corrected chi connectivity index (χ4v) is 2.19. The third kappa shape index (κ3) is 2.23. The Balaban J connectivity index is 2.54. The van der Waals surface area contributed by atoms with Crippen molar-refractivity contribution in [2.75, 3.05) is 0 Å². The van der Waals surface area contributed by atoms with Crippen LogP contribution in [0.25, 0.3) is 0 Å². The van der Waals surface area contributed by atoms with E-state index in [9.17, 15) is 4.79 Å². The first-order chi connectivity index (χ1) is 5.52. The molecule has 1 aliphatic rings. The molecule has 0 saturated heterocycles. The molecule has 0 aromatic rings. The van der Waals surface area contributed by atoms with E-state index in [-0.39, 0.29) is 5.91 Å². The first-order valence-electron chi connectivity index (χ1n) is 4.81. The molecule has 1 atom stereocenters. The number of nitrogens with two attached hydrogens (primary N) is 1. The van der Waals surface area contributed by atoms with Gasteiger partial charge in [0.25, 0.3) is 0 Å². The van der Waals surface area contributed by atoms with Crippen molar-refractivity contribution in [3.8, 4) is 0 Å². The van der Waals surface area contributed by atoms with E-state index in [0.717, 1.165) is 0 Å². The highest BCUT2D eigenvalue weighted by atomic mass is 16.1. The zero-order valence-corrected chi connectivity index (χ0v) is 8.10. The predicted octanol–water partition coefficient (Wildman–Crippen LogP) is 2.08. The molecular formula is C10H19NO. The lowest BCUT2D eigenvalue weighted by atomic mass is 9.67. The van der Waals surface area contributed by atoms with Crippen LogP contribution in [-0.2, 0) is 4.79 Å². The summed E-state index contributed by atoms with van der Waals surface area (Å²) in [7, 11) is 0. The number of hydrogen-bond donors (Lipinski definition) is 1. The molecule has 1 amide bonds. The molecule has 2 heteroatoms. The fraction of sp³-hybridized carbons (Fsp3) is 0.900. The highest BCUT2D eigenvalue weighted by molar-refractivity contribution is 5.74. The highest BCUT2D eigenvalue weighted by Gasteiger charge is 2.32. The Kier molecular flexibility index (Phi) is 2.76. The SMILES string of the molecule is CC1(C)CCCCC1CC(N)=O. The lowest BCUT2D eigenvalue weighted by molar-refractivity contribution is -0.120. The number of carbonyl (C=O) groups is 1. The smallest absolute Gasteiger partial charge is 0.217 e. The minimum Gasteiger partial charge on any atom is -0.370 e. The monoisotopic (exact) mass is 169 g/mol. The molecule has 0 bridgehead atoms. The molecule has 1 rings (SSSR count). The normalized spacial score (nSPS) is 28.3. The number of hydrogen-bond acceptors (Lipinski definition) is 1. The van der Waals surface area contributed by atoms with Crippen LogP contribution in [0.15, 0.2) is 0 Å². The number of primary amides is 1. The van der Waals surface area contributed by atoms with Gasteiger partial charge in [-0.1, -0.05) is 26.7 Å². The molecule has 1 saturated carbocycles. The van der Waals surface area contributed by atoms with Crippen molar-refractivity contribution in [2.45, 2.75) is 46.0 Å². The molecule has 1 fully saturated rings. The molecule has 0 aliphatic heterocycles. The van der Waals surface area contributed by atoms with Crippen LogP contribution < -0.4 is 5.73 Å². The van der Waals surface area contributed by atoms with Gasteiger partial charge >= 0.3 is 0 Å². The second-order valence-electron chi connectivity index (χ2n) is 4.60. The van der Waals surface area contributed by atoms with Crippen LogP contribution in [0.4, 0.5) is 0 Å². The Hall–Kier alpha value is -0.530. The third-order valence-electron chi connectivity index (χ3n) is 3.18. The molecule has 70 valence electrons. The second-order valence-corrected chi connectivity index (χ2v) is 4.60. The average Bonchev–Trinajstić information content (AvgIpc) is 1.92. The number of carbonyl (C=O) groups excluding carboxylic acids is 1. The van der Waals surface area contributed by atoms with Gasteiger partial charge in [-0.05, 0) is 24.2 Å². The van der Waals surface area contributed by atoms with E-state index in [1.165, 1.54) is 25.7 Å². The summed E-state index contributed by atoms with van der Waals surface area (Å²) in [6.07, 6.45) is 5.57. The topological polar surface area (TPSA) is 43.1 Å². The largest absolute Gasteiger partial charge is 0.370 e. The summed E-state index contributed by atoms with van der Waals surface area (Å²) in [6, 6.07) is 0. The summed E-state index contributed by atoms with van der Waals surface area (Å²) < 4.78 is 0. The molecule has 0 heterocycles. The lowest BCUT2D eigenvalue weighted by Crippen LogP contribution is -2.31. The molecule has 0 radical (unpaired) electrons. The van der Waals surface area contributed by atoms with Gasteiger partial charge in [-0.3, -0.25) is 4.79 Å². The first kappa shape index (κ1) is 9.56. The summed E-state index contributed by atoms with van der Waals surface area (Å²) in [6.45, 7) is 4.50. The predicted molar refractivity (Wildman–Crippen MR) is 49.6 cm³/mol. The maximum atomic E-state index is 10.8. The van der Waals surface area contributed by atoms with E-state index in [0.29, 0.717) is 17.8 Å². The standard InChI is InChI=1S/C10H19NO/c1-10(2)6-4-3-5-8(10)7-9(11)12/h8H,3-7H2,1-2H3,(H2,11,12). The molecule has 0 aromatic carbocycles. The minimum absolute atomic E-state index is 0.144. The van der Waals surface area contributed by atoms with Crippen molar-refractivity contribution >= 4 is 5.91 Å². The molecule has 1 aliphatic carbocycles. The summed E-state index contributed by atoms with van der Waals surface area (Å²) >= 11 is 0. The first-order valence-corrected chi connectivity index (χ1v) is 4.81. The molecule has 12 heavy (non-hydrogen) atoms. The molecule has 0 aromatic heterocycles. The van der Waals surface area contributed by atoms with Gasteiger partial charge in [-0.25, -0.2) is 0 Å². The molecule has 2 N–H and O–H groups in total. The van der Waals surface area contributed by atoms with Crippen molar-refractivity contribution in [1.82, 2.24) is 0 Å². The minimum atomic E-state index is -0.144. The van der Waals surface area contributed by atoms with E-state index < -0.39 is 0 Å². The molecule has 0 spiro atoms. The van der Waals surface area contributed by atoms with Crippen molar-refractivity contribution in [1.29, 1.82) is 0 Å². The van der Waals surface area contributed by atoms with E-state index >= 15 is 0 Å². The summed E-state index contributed by atoms with van der Waals surface area (Å²) in [4.78, 5) is 10.8. The van der Waals surface area contributed by atoms with Crippen LogP contribution in [0, 0.1) is 11.3 Å². The molecular weight excluding hydrogens is 150 g/mol. The van der Waals surface area contributed by atoms with E-state index in [1.54, 1.807) is 0 Å². The Morgan fingerprint density at radius 3 is 2.67 bits per heavy atom. The van der Waals surface area contributed by atoms with Crippen LogP contribution in [0.1, 0.15) is 46.0 Å². The van der Waals surface area contributed by atoms with Crippen LogP contribution in [0.2, 0.25) is 0 Å². The molecule has 2 nitrogen and oxygen atoms in total. The third-order valence-corrected chi connectivity index (χ3v) is 3.18. The maximum Gasteiger partial charge on any atom is 0.217 e. The van der Waals surface area contributed by atoms with Crippen molar-refractivity contribution < 1.29 is 4.79 Å². The van der Waals surface area contributed by atoms with E-state index in [4.69, 9.17) is 5.73 Å². The van der Waals surface area contributed by atoms with Gasteiger partial charge in [0.05, 0.1) is 0 Å². The fourth-order valence-electron chi connectivity index (χ4n) is 2.19. The lowest BCUT2D eigenvalue weighted by Gasteiger charge is -2.38. The summed E-state index contributed by atoms with van der Waals surface area (Å²) in [5, 5.41) is 0. The van der Waals surface area contributed by atoms with Gasteiger partial charge in [-0.15, -0.1) is 0 Å².